The minimum Gasteiger partial charge on any atom is -0.457 e. The van der Waals surface area contributed by atoms with Crippen LogP contribution in [0, 0.1) is 0 Å². The number of rotatable bonds is 7. The lowest BCUT2D eigenvalue weighted by Gasteiger charge is -2.35. The summed E-state index contributed by atoms with van der Waals surface area (Å²) in [7, 11) is 0. The van der Waals surface area contributed by atoms with E-state index in [1.54, 1.807) is 12.1 Å². The number of amides is 1. The first-order valence-electron chi connectivity index (χ1n) is 10.3. The van der Waals surface area contributed by atoms with Gasteiger partial charge in [0.25, 0.3) is 5.91 Å². The molecule has 0 bridgehead atoms. The summed E-state index contributed by atoms with van der Waals surface area (Å²) in [5.74, 6) is 1.38. The zero-order chi connectivity index (χ0) is 20.6. The molecule has 1 unspecified atom stereocenters. The van der Waals surface area contributed by atoms with Crippen LogP contribution in [0.25, 0.3) is 0 Å². The lowest BCUT2D eigenvalue weighted by molar-refractivity contribution is 0.0162. The molecule has 30 heavy (non-hydrogen) atoms. The molecule has 1 N–H and O–H groups in total. The fraction of sp³-hybridized carbons (Fsp3) is 0.240. The molecule has 0 aliphatic carbocycles. The van der Waals surface area contributed by atoms with Gasteiger partial charge in [0, 0.05) is 25.2 Å². The van der Waals surface area contributed by atoms with E-state index in [-0.39, 0.29) is 11.9 Å². The first kappa shape index (κ1) is 20.1. The summed E-state index contributed by atoms with van der Waals surface area (Å²) in [6.07, 6.45) is 0. The summed E-state index contributed by atoms with van der Waals surface area (Å²) in [4.78, 5) is 15.1. The molecule has 0 saturated carbocycles. The van der Waals surface area contributed by atoms with Gasteiger partial charge in [-0.2, -0.15) is 0 Å². The van der Waals surface area contributed by atoms with Crippen LogP contribution in [-0.2, 0) is 4.74 Å². The fourth-order valence-electron chi connectivity index (χ4n) is 3.61. The van der Waals surface area contributed by atoms with Crippen molar-refractivity contribution in [3.8, 4) is 11.5 Å². The molecule has 1 atom stereocenters. The maximum absolute atomic E-state index is 12.7. The van der Waals surface area contributed by atoms with E-state index in [2.05, 4.69) is 22.3 Å². The van der Waals surface area contributed by atoms with Gasteiger partial charge in [0.1, 0.15) is 11.5 Å². The van der Waals surface area contributed by atoms with Crippen LogP contribution in [0.3, 0.4) is 0 Å². The van der Waals surface area contributed by atoms with E-state index >= 15 is 0 Å². The summed E-state index contributed by atoms with van der Waals surface area (Å²) >= 11 is 0. The molecule has 1 saturated heterocycles. The standard InChI is InChI=1S/C25H26N2O3/c28-25(21-11-13-23(14-12-21)30-22-9-5-2-6-10-22)26-19-24(20-7-3-1-4-8-20)27-15-17-29-18-16-27/h1-14,24H,15-19H2,(H,26,28). The molecule has 5 heteroatoms. The van der Waals surface area contributed by atoms with Crippen molar-refractivity contribution in [1.29, 1.82) is 0 Å². The first-order valence-corrected chi connectivity index (χ1v) is 10.3. The van der Waals surface area contributed by atoms with Gasteiger partial charge < -0.3 is 14.8 Å². The highest BCUT2D eigenvalue weighted by molar-refractivity contribution is 5.94. The van der Waals surface area contributed by atoms with Gasteiger partial charge in [-0.25, -0.2) is 0 Å². The van der Waals surface area contributed by atoms with Crippen molar-refractivity contribution in [3.63, 3.8) is 0 Å². The highest BCUT2D eigenvalue weighted by atomic mass is 16.5. The maximum Gasteiger partial charge on any atom is 0.251 e. The number of carbonyl (C=O) groups excluding carboxylic acids is 1. The Bertz CT molecular complexity index is 924. The van der Waals surface area contributed by atoms with Crippen LogP contribution in [0.5, 0.6) is 11.5 Å². The Morgan fingerprint density at radius 3 is 2.13 bits per heavy atom. The van der Waals surface area contributed by atoms with E-state index in [0.717, 1.165) is 32.1 Å². The minimum atomic E-state index is -0.0875. The van der Waals surface area contributed by atoms with Crippen LogP contribution in [-0.4, -0.2) is 43.7 Å². The highest BCUT2D eigenvalue weighted by Crippen LogP contribution is 2.23. The van der Waals surface area contributed by atoms with Gasteiger partial charge in [0.15, 0.2) is 0 Å². The topological polar surface area (TPSA) is 50.8 Å². The van der Waals surface area contributed by atoms with E-state index in [9.17, 15) is 4.79 Å². The molecular weight excluding hydrogens is 376 g/mol. The van der Waals surface area contributed by atoms with Gasteiger partial charge in [0.2, 0.25) is 0 Å². The molecular formula is C25H26N2O3. The Balaban J connectivity index is 1.39. The predicted octanol–water partition coefficient (Wildman–Crippen LogP) is 4.28. The summed E-state index contributed by atoms with van der Waals surface area (Å²) in [5.41, 5.74) is 1.82. The zero-order valence-electron chi connectivity index (χ0n) is 16.9. The number of benzene rings is 3. The molecule has 1 amide bonds. The lowest BCUT2D eigenvalue weighted by atomic mass is 10.0. The van der Waals surface area contributed by atoms with Gasteiger partial charge in [-0.05, 0) is 42.0 Å². The van der Waals surface area contributed by atoms with Crippen molar-refractivity contribution in [1.82, 2.24) is 10.2 Å². The highest BCUT2D eigenvalue weighted by Gasteiger charge is 2.23. The number of nitrogens with one attached hydrogen (secondary N) is 1. The van der Waals surface area contributed by atoms with Crippen LogP contribution in [0.1, 0.15) is 22.0 Å². The molecule has 3 aromatic carbocycles. The smallest absolute Gasteiger partial charge is 0.251 e. The summed E-state index contributed by atoms with van der Waals surface area (Å²) in [6, 6.07) is 27.2. The molecule has 0 spiro atoms. The number of nitrogens with zero attached hydrogens (tertiary/aromatic N) is 1. The third kappa shape index (κ3) is 5.26. The Kier molecular flexibility index (Phi) is 6.75. The molecule has 1 heterocycles. The SMILES string of the molecule is O=C(NCC(c1ccccc1)N1CCOCC1)c1ccc(Oc2ccccc2)cc1. The van der Waals surface area contributed by atoms with Crippen molar-refractivity contribution in [2.45, 2.75) is 6.04 Å². The number of morpholine rings is 1. The normalized spacial score (nSPS) is 15.3. The van der Waals surface area contributed by atoms with Crippen LogP contribution in [0.4, 0.5) is 0 Å². The second-order valence-corrected chi connectivity index (χ2v) is 7.22. The molecule has 154 valence electrons. The Morgan fingerprint density at radius 2 is 1.47 bits per heavy atom. The average Bonchev–Trinajstić information content (AvgIpc) is 2.82. The largest absolute Gasteiger partial charge is 0.457 e. The van der Waals surface area contributed by atoms with Crippen LogP contribution >= 0.6 is 0 Å². The third-order valence-electron chi connectivity index (χ3n) is 5.22. The van der Waals surface area contributed by atoms with Gasteiger partial charge in [-0.15, -0.1) is 0 Å². The molecule has 4 rings (SSSR count). The van der Waals surface area contributed by atoms with Crippen molar-refractivity contribution >= 4 is 5.91 Å². The van der Waals surface area contributed by atoms with Crippen LogP contribution < -0.4 is 10.1 Å². The molecule has 1 fully saturated rings. The summed E-state index contributed by atoms with van der Waals surface area (Å²) in [6.45, 7) is 3.72. The number of carbonyl (C=O) groups is 1. The second kappa shape index (κ2) is 10.1. The molecule has 3 aromatic rings. The second-order valence-electron chi connectivity index (χ2n) is 7.22. The Morgan fingerprint density at radius 1 is 0.867 bits per heavy atom. The summed E-state index contributed by atoms with van der Waals surface area (Å²) in [5, 5.41) is 3.10. The average molecular weight is 402 g/mol. The predicted molar refractivity (Wildman–Crippen MR) is 117 cm³/mol. The van der Waals surface area contributed by atoms with E-state index in [1.165, 1.54) is 5.56 Å². The number of para-hydroxylation sites is 1. The Hall–Kier alpha value is -3.15. The van der Waals surface area contributed by atoms with Crippen molar-refractivity contribution < 1.29 is 14.3 Å². The molecule has 0 radical (unpaired) electrons. The Labute approximate surface area is 177 Å². The van der Waals surface area contributed by atoms with E-state index < -0.39 is 0 Å². The number of hydrogen-bond acceptors (Lipinski definition) is 4. The molecule has 1 aliphatic rings. The monoisotopic (exact) mass is 402 g/mol. The third-order valence-corrected chi connectivity index (χ3v) is 5.22. The van der Waals surface area contributed by atoms with E-state index in [0.29, 0.717) is 17.9 Å². The maximum atomic E-state index is 12.7. The van der Waals surface area contributed by atoms with Gasteiger partial charge in [-0.1, -0.05) is 48.5 Å². The molecule has 5 nitrogen and oxygen atoms in total. The number of hydrogen-bond donors (Lipinski definition) is 1. The van der Waals surface area contributed by atoms with Gasteiger partial charge in [0.05, 0.1) is 19.3 Å². The molecule has 1 aliphatic heterocycles. The van der Waals surface area contributed by atoms with Crippen molar-refractivity contribution in [3.05, 3.63) is 96.1 Å². The van der Waals surface area contributed by atoms with E-state index in [1.807, 2.05) is 60.7 Å². The molecule has 0 aromatic heterocycles. The van der Waals surface area contributed by atoms with Crippen LogP contribution in [0.2, 0.25) is 0 Å². The van der Waals surface area contributed by atoms with Crippen molar-refractivity contribution in [2.24, 2.45) is 0 Å². The fourth-order valence-corrected chi connectivity index (χ4v) is 3.61. The van der Waals surface area contributed by atoms with Crippen LogP contribution in [0.15, 0.2) is 84.9 Å². The van der Waals surface area contributed by atoms with Gasteiger partial charge >= 0.3 is 0 Å². The zero-order valence-corrected chi connectivity index (χ0v) is 16.9. The number of ether oxygens (including phenoxy) is 2. The summed E-state index contributed by atoms with van der Waals surface area (Å²) < 4.78 is 11.3. The van der Waals surface area contributed by atoms with Crippen molar-refractivity contribution in [2.75, 3.05) is 32.8 Å². The minimum absolute atomic E-state index is 0.0875. The quantitative estimate of drug-likeness (QED) is 0.641. The lowest BCUT2D eigenvalue weighted by Crippen LogP contribution is -2.43. The first-order chi connectivity index (χ1) is 14.8. The van der Waals surface area contributed by atoms with E-state index in [4.69, 9.17) is 9.47 Å². The van der Waals surface area contributed by atoms with Gasteiger partial charge in [-0.3, -0.25) is 9.69 Å².